The number of carbonyl (C=O) groups is 3. The summed E-state index contributed by atoms with van der Waals surface area (Å²) >= 11 is 0. The third-order valence-corrected chi connectivity index (χ3v) is 5.41. The van der Waals surface area contributed by atoms with Crippen LogP contribution in [0.2, 0.25) is 0 Å². The highest BCUT2D eigenvalue weighted by Gasteiger charge is 2.43. The Balaban J connectivity index is 1.43. The van der Waals surface area contributed by atoms with Crippen LogP contribution in [0.5, 0.6) is 0 Å². The van der Waals surface area contributed by atoms with Gasteiger partial charge in [0.25, 0.3) is 5.91 Å². The molecule has 7 nitrogen and oxygen atoms in total. The third kappa shape index (κ3) is 4.90. The minimum Gasteiger partial charge on any atom is -0.341 e. The fraction of sp³-hybridized carbons (Fsp3) is 0.571. The number of nitrogens with zero attached hydrogens (tertiary/aromatic N) is 3. The van der Waals surface area contributed by atoms with E-state index in [0.717, 1.165) is 39.1 Å². The van der Waals surface area contributed by atoms with E-state index in [1.165, 1.54) is 10.5 Å². The number of rotatable bonds is 6. The van der Waals surface area contributed by atoms with Crippen molar-refractivity contribution in [1.82, 2.24) is 20.0 Å². The molecule has 0 atom stereocenters. The number of amides is 4. The van der Waals surface area contributed by atoms with E-state index in [4.69, 9.17) is 0 Å². The van der Waals surface area contributed by atoms with E-state index in [9.17, 15) is 14.4 Å². The van der Waals surface area contributed by atoms with E-state index in [2.05, 4.69) is 34.5 Å². The van der Waals surface area contributed by atoms with Crippen LogP contribution in [0.1, 0.15) is 38.7 Å². The van der Waals surface area contributed by atoms with Crippen LogP contribution in [0.25, 0.3) is 0 Å². The summed E-state index contributed by atoms with van der Waals surface area (Å²) in [6, 6.07) is 10.0. The summed E-state index contributed by atoms with van der Waals surface area (Å²) in [7, 11) is 0. The first-order valence-electron chi connectivity index (χ1n) is 10.0. The molecule has 0 spiro atoms. The average Bonchev–Trinajstić information content (AvgIpc) is 2.83. The van der Waals surface area contributed by atoms with Crippen LogP contribution in [0.3, 0.4) is 0 Å². The monoisotopic (exact) mass is 386 g/mol. The summed E-state index contributed by atoms with van der Waals surface area (Å²) in [5, 5.41) is 2.66. The standard InChI is InChI=1S/C21H30N4O3/c1-21(2)19(27)25(20(28)22-21)13-6-10-18(26)24-12-7-11-23(14-15-24)16-17-8-4-3-5-9-17/h3-5,8-9H,6-7,10-16H2,1-2H3,(H,22,28). The molecule has 0 aliphatic carbocycles. The van der Waals surface area contributed by atoms with Crippen LogP contribution < -0.4 is 5.32 Å². The molecule has 4 amide bonds. The molecule has 7 heteroatoms. The highest BCUT2D eigenvalue weighted by Crippen LogP contribution is 2.17. The Bertz CT molecular complexity index is 720. The van der Waals surface area contributed by atoms with Crippen LogP contribution in [-0.4, -0.2) is 70.8 Å². The molecule has 152 valence electrons. The molecule has 2 heterocycles. The lowest BCUT2D eigenvalue weighted by atomic mass is 10.1. The van der Waals surface area contributed by atoms with Crippen LogP contribution in [-0.2, 0) is 16.1 Å². The normalized spacial score (nSPS) is 20.2. The number of hydrogen-bond acceptors (Lipinski definition) is 4. The number of carbonyl (C=O) groups excluding carboxylic acids is 3. The lowest BCUT2D eigenvalue weighted by Crippen LogP contribution is -2.40. The van der Waals surface area contributed by atoms with E-state index in [-0.39, 0.29) is 24.4 Å². The Kier molecular flexibility index (Phi) is 6.34. The van der Waals surface area contributed by atoms with Crippen LogP contribution in [0.4, 0.5) is 4.79 Å². The maximum atomic E-state index is 12.6. The lowest BCUT2D eigenvalue weighted by molar-refractivity contribution is -0.133. The second-order valence-corrected chi connectivity index (χ2v) is 8.11. The van der Waals surface area contributed by atoms with Gasteiger partial charge in [-0.15, -0.1) is 0 Å². The van der Waals surface area contributed by atoms with Crippen molar-refractivity contribution in [3.63, 3.8) is 0 Å². The van der Waals surface area contributed by atoms with Gasteiger partial charge in [-0.25, -0.2) is 4.79 Å². The summed E-state index contributed by atoms with van der Waals surface area (Å²) in [5.41, 5.74) is 0.437. The maximum absolute atomic E-state index is 12.6. The highest BCUT2D eigenvalue weighted by atomic mass is 16.2. The van der Waals surface area contributed by atoms with Crippen molar-refractivity contribution < 1.29 is 14.4 Å². The lowest BCUT2D eigenvalue weighted by Gasteiger charge is -2.22. The average molecular weight is 386 g/mol. The molecular formula is C21H30N4O3. The topological polar surface area (TPSA) is 73.0 Å². The van der Waals surface area contributed by atoms with Crippen molar-refractivity contribution >= 4 is 17.8 Å². The Morgan fingerprint density at radius 2 is 1.82 bits per heavy atom. The minimum atomic E-state index is -0.853. The van der Waals surface area contributed by atoms with E-state index in [0.29, 0.717) is 12.8 Å². The fourth-order valence-electron chi connectivity index (χ4n) is 3.79. The van der Waals surface area contributed by atoms with Crippen molar-refractivity contribution in [3.8, 4) is 0 Å². The van der Waals surface area contributed by atoms with Gasteiger partial charge in [0.15, 0.2) is 0 Å². The quantitative estimate of drug-likeness (QED) is 0.757. The van der Waals surface area contributed by atoms with E-state index < -0.39 is 5.54 Å². The molecule has 28 heavy (non-hydrogen) atoms. The first-order chi connectivity index (χ1) is 13.4. The molecule has 2 saturated heterocycles. The van der Waals surface area contributed by atoms with Gasteiger partial charge in [-0.3, -0.25) is 19.4 Å². The van der Waals surface area contributed by atoms with Gasteiger partial charge < -0.3 is 10.2 Å². The van der Waals surface area contributed by atoms with Gasteiger partial charge in [0, 0.05) is 45.7 Å². The Hall–Kier alpha value is -2.41. The van der Waals surface area contributed by atoms with Crippen LogP contribution >= 0.6 is 0 Å². The van der Waals surface area contributed by atoms with Crippen molar-refractivity contribution in [3.05, 3.63) is 35.9 Å². The number of imide groups is 1. The zero-order chi connectivity index (χ0) is 20.1. The molecule has 0 unspecified atom stereocenters. The molecule has 2 fully saturated rings. The molecule has 2 aliphatic heterocycles. The SMILES string of the molecule is CC1(C)NC(=O)N(CCCC(=O)N2CCCN(Cc3ccccc3)CC2)C1=O. The van der Waals surface area contributed by atoms with Gasteiger partial charge >= 0.3 is 6.03 Å². The predicted molar refractivity (Wildman–Crippen MR) is 106 cm³/mol. The summed E-state index contributed by atoms with van der Waals surface area (Å²) in [6.45, 7) is 7.91. The zero-order valence-electron chi connectivity index (χ0n) is 16.8. The third-order valence-electron chi connectivity index (χ3n) is 5.41. The smallest absolute Gasteiger partial charge is 0.325 e. The molecule has 1 N–H and O–H groups in total. The van der Waals surface area contributed by atoms with Gasteiger partial charge in [0.2, 0.25) is 5.91 Å². The van der Waals surface area contributed by atoms with Crippen molar-refractivity contribution in [1.29, 1.82) is 0 Å². The van der Waals surface area contributed by atoms with E-state index in [1.807, 2.05) is 11.0 Å². The van der Waals surface area contributed by atoms with Gasteiger partial charge in [-0.2, -0.15) is 0 Å². The maximum Gasteiger partial charge on any atom is 0.325 e. The number of urea groups is 1. The molecule has 0 saturated carbocycles. The summed E-state index contributed by atoms with van der Waals surface area (Å²) < 4.78 is 0. The van der Waals surface area contributed by atoms with Gasteiger partial charge in [0.1, 0.15) is 5.54 Å². The van der Waals surface area contributed by atoms with Crippen LogP contribution in [0.15, 0.2) is 30.3 Å². The second kappa shape index (κ2) is 8.73. The molecule has 0 bridgehead atoms. The second-order valence-electron chi connectivity index (χ2n) is 8.11. The Morgan fingerprint density at radius 1 is 1.07 bits per heavy atom. The summed E-state index contributed by atoms with van der Waals surface area (Å²) in [4.78, 5) is 42.2. The molecule has 2 aliphatic rings. The molecule has 1 aromatic carbocycles. The van der Waals surface area contributed by atoms with E-state index in [1.54, 1.807) is 13.8 Å². The van der Waals surface area contributed by atoms with Crippen LogP contribution in [0, 0.1) is 0 Å². The zero-order valence-corrected chi connectivity index (χ0v) is 16.8. The largest absolute Gasteiger partial charge is 0.341 e. The summed E-state index contributed by atoms with van der Waals surface area (Å²) in [5.74, 6) is -0.121. The molecule has 3 rings (SSSR count). The Morgan fingerprint density at radius 3 is 2.50 bits per heavy atom. The van der Waals surface area contributed by atoms with Crippen molar-refractivity contribution in [2.45, 2.75) is 45.2 Å². The van der Waals surface area contributed by atoms with Crippen molar-refractivity contribution in [2.24, 2.45) is 0 Å². The van der Waals surface area contributed by atoms with Gasteiger partial charge in [0.05, 0.1) is 0 Å². The number of hydrogen-bond donors (Lipinski definition) is 1. The molecule has 1 aromatic rings. The molecule has 0 radical (unpaired) electrons. The number of benzene rings is 1. The predicted octanol–water partition coefficient (Wildman–Crippen LogP) is 1.83. The van der Waals surface area contributed by atoms with Crippen molar-refractivity contribution in [2.75, 3.05) is 32.7 Å². The first kappa shape index (κ1) is 20.3. The van der Waals surface area contributed by atoms with Gasteiger partial charge in [-0.1, -0.05) is 30.3 Å². The molecular weight excluding hydrogens is 356 g/mol. The highest BCUT2D eigenvalue weighted by molar-refractivity contribution is 6.06. The fourth-order valence-corrected chi connectivity index (χ4v) is 3.79. The Labute approximate surface area is 166 Å². The summed E-state index contributed by atoms with van der Waals surface area (Å²) in [6.07, 6.45) is 1.81. The van der Waals surface area contributed by atoms with E-state index >= 15 is 0 Å². The minimum absolute atomic E-state index is 0.105. The first-order valence-corrected chi connectivity index (χ1v) is 10.0. The van der Waals surface area contributed by atoms with Gasteiger partial charge in [-0.05, 0) is 32.3 Å². The number of nitrogens with one attached hydrogen (secondary N) is 1. The molecule has 0 aromatic heterocycles.